The molecule has 1 aromatic carbocycles. The third-order valence-electron chi connectivity index (χ3n) is 4.17. The predicted octanol–water partition coefficient (Wildman–Crippen LogP) is 2.84. The molecule has 2 aliphatic rings. The van der Waals surface area contributed by atoms with Crippen molar-refractivity contribution in [2.24, 2.45) is 0 Å². The second-order valence-corrected chi connectivity index (χ2v) is 5.81. The summed E-state index contributed by atoms with van der Waals surface area (Å²) >= 11 is 0. The number of carbonyl (C=O) groups is 1. The fraction of sp³-hybridized carbons (Fsp3) is 0.562. The normalized spacial score (nSPS) is 22.4. The van der Waals surface area contributed by atoms with E-state index in [0.717, 1.165) is 45.1 Å². The standard InChI is InChI=1S/C16H21FN2O2/c17-13-10-11(19-16(20)14-6-3-9-18-14)7-8-15(13)21-12-4-1-2-5-12/h7-8,10,12,14,18H,1-6,9H2,(H,19,20). The Morgan fingerprint density at radius 3 is 2.71 bits per heavy atom. The molecule has 0 bridgehead atoms. The zero-order chi connectivity index (χ0) is 14.7. The number of hydrogen-bond acceptors (Lipinski definition) is 3. The van der Waals surface area contributed by atoms with Crippen LogP contribution in [0.1, 0.15) is 38.5 Å². The quantitative estimate of drug-likeness (QED) is 0.897. The van der Waals surface area contributed by atoms with E-state index in [1.54, 1.807) is 12.1 Å². The maximum absolute atomic E-state index is 14.0. The van der Waals surface area contributed by atoms with Gasteiger partial charge in [-0.2, -0.15) is 0 Å². The van der Waals surface area contributed by atoms with Gasteiger partial charge in [0.25, 0.3) is 0 Å². The summed E-state index contributed by atoms with van der Waals surface area (Å²) in [5.41, 5.74) is 0.477. The third kappa shape index (κ3) is 3.53. The molecule has 1 aromatic rings. The molecule has 5 heteroatoms. The summed E-state index contributed by atoms with van der Waals surface area (Å²) in [6.07, 6.45) is 6.24. The van der Waals surface area contributed by atoms with Gasteiger partial charge < -0.3 is 15.4 Å². The number of ether oxygens (including phenoxy) is 1. The molecule has 1 aliphatic carbocycles. The van der Waals surface area contributed by atoms with E-state index in [4.69, 9.17) is 4.74 Å². The molecule has 114 valence electrons. The van der Waals surface area contributed by atoms with Crippen LogP contribution in [0.2, 0.25) is 0 Å². The number of nitrogens with one attached hydrogen (secondary N) is 2. The zero-order valence-electron chi connectivity index (χ0n) is 12.0. The van der Waals surface area contributed by atoms with Gasteiger partial charge in [0, 0.05) is 11.8 Å². The molecule has 0 spiro atoms. The molecule has 0 radical (unpaired) electrons. The number of anilines is 1. The summed E-state index contributed by atoms with van der Waals surface area (Å²) in [6, 6.07) is 4.46. The monoisotopic (exact) mass is 292 g/mol. The lowest BCUT2D eigenvalue weighted by atomic mass is 10.2. The van der Waals surface area contributed by atoms with E-state index in [1.807, 2.05) is 0 Å². The fourth-order valence-electron chi connectivity index (χ4n) is 3.00. The van der Waals surface area contributed by atoms with Gasteiger partial charge in [0.1, 0.15) is 0 Å². The highest BCUT2D eigenvalue weighted by atomic mass is 19.1. The van der Waals surface area contributed by atoms with Crippen LogP contribution in [0.25, 0.3) is 0 Å². The summed E-state index contributed by atoms with van der Waals surface area (Å²) < 4.78 is 19.7. The van der Waals surface area contributed by atoms with Crippen LogP contribution in [0.15, 0.2) is 18.2 Å². The Labute approximate surface area is 124 Å². The van der Waals surface area contributed by atoms with Crippen LogP contribution in [-0.2, 0) is 4.79 Å². The largest absolute Gasteiger partial charge is 0.487 e. The van der Waals surface area contributed by atoms with Crippen molar-refractivity contribution in [1.29, 1.82) is 0 Å². The van der Waals surface area contributed by atoms with Crippen molar-refractivity contribution < 1.29 is 13.9 Å². The lowest BCUT2D eigenvalue weighted by Crippen LogP contribution is -2.35. The average molecular weight is 292 g/mol. The van der Waals surface area contributed by atoms with E-state index >= 15 is 0 Å². The Morgan fingerprint density at radius 1 is 1.24 bits per heavy atom. The van der Waals surface area contributed by atoms with Crippen molar-refractivity contribution in [2.45, 2.75) is 50.7 Å². The minimum absolute atomic E-state index is 0.101. The van der Waals surface area contributed by atoms with Gasteiger partial charge in [0.2, 0.25) is 5.91 Å². The van der Waals surface area contributed by atoms with E-state index in [-0.39, 0.29) is 23.8 Å². The van der Waals surface area contributed by atoms with Gasteiger partial charge in [-0.1, -0.05) is 0 Å². The van der Waals surface area contributed by atoms with Crippen molar-refractivity contribution >= 4 is 11.6 Å². The number of amides is 1. The Morgan fingerprint density at radius 2 is 2.05 bits per heavy atom. The minimum atomic E-state index is -0.418. The number of carbonyl (C=O) groups excluding carboxylic acids is 1. The number of halogens is 1. The SMILES string of the molecule is O=C(Nc1ccc(OC2CCCC2)c(F)c1)C1CCCN1. The zero-order valence-corrected chi connectivity index (χ0v) is 12.0. The summed E-state index contributed by atoms with van der Waals surface area (Å²) in [6.45, 7) is 0.862. The third-order valence-corrected chi connectivity index (χ3v) is 4.17. The van der Waals surface area contributed by atoms with Crippen molar-refractivity contribution in [3.05, 3.63) is 24.0 Å². The van der Waals surface area contributed by atoms with E-state index in [0.29, 0.717) is 5.69 Å². The van der Waals surface area contributed by atoms with E-state index in [9.17, 15) is 9.18 Å². The Kier molecular flexibility index (Phi) is 4.39. The topological polar surface area (TPSA) is 50.4 Å². The van der Waals surface area contributed by atoms with Crippen LogP contribution < -0.4 is 15.4 Å². The molecule has 4 nitrogen and oxygen atoms in total. The van der Waals surface area contributed by atoms with Gasteiger partial charge in [0.15, 0.2) is 11.6 Å². The molecule has 1 amide bonds. The van der Waals surface area contributed by atoms with Crippen molar-refractivity contribution in [3.8, 4) is 5.75 Å². The molecule has 2 fully saturated rings. The summed E-state index contributed by atoms with van der Waals surface area (Å²) in [5, 5.41) is 5.87. The van der Waals surface area contributed by atoms with E-state index < -0.39 is 5.82 Å². The summed E-state index contributed by atoms with van der Waals surface area (Å²) in [4.78, 5) is 12.0. The van der Waals surface area contributed by atoms with E-state index in [2.05, 4.69) is 10.6 Å². The van der Waals surface area contributed by atoms with Crippen LogP contribution in [0.4, 0.5) is 10.1 Å². The first-order chi connectivity index (χ1) is 10.2. The van der Waals surface area contributed by atoms with Crippen molar-refractivity contribution in [2.75, 3.05) is 11.9 Å². The molecule has 3 rings (SSSR count). The maximum Gasteiger partial charge on any atom is 0.241 e. The first kappa shape index (κ1) is 14.3. The smallest absolute Gasteiger partial charge is 0.241 e. The van der Waals surface area contributed by atoms with Gasteiger partial charge in [-0.25, -0.2) is 4.39 Å². The lowest BCUT2D eigenvalue weighted by molar-refractivity contribution is -0.117. The molecule has 2 N–H and O–H groups in total. The molecule has 1 saturated carbocycles. The first-order valence-electron chi connectivity index (χ1n) is 7.73. The molecule has 1 saturated heterocycles. The van der Waals surface area contributed by atoms with Crippen molar-refractivity contribution in [1.82, 2.24) is 5.32 Å². The molecular weight excluding hydrogens is 271 g/mol. The fourth-order valence-corrected chi connectivity index (χ4v) is 3.00. The molecule has 0 aromatic heterocycles. The lowest BCUT2D eigenvalue weighted by Gasteiger charge is -2.15. The summed E-state index contributed by atoms with van der Waals surface area (Å²) in [5.74, 6) is -0.241. The van der Waals surface area contributed by atoms with E-state index in [1.165, 1.54) is 6.07 Å². The minimum Gasteiger partial charge on any atom is -0.487 e. The highest BCUT2D eigenvalue weighted by molar-refractivity contribution is 5.95. The van der Waals surface area contributed by atoms with Crippen LogP contribution in [0, 0.1) is 5.82 Å². The van der Waals surface area contributed by atoms with Gasteiger partial charge in [-0.3, -0.25) is 4.79 Å². The molecular formula is C16H21FN2O2. The highest BCUT2D eigenvalue weighted by Crippen LogP contribution is 2.27. The van der Waals surface area contributed by atoms with Crippen molar-refractivity contribution in [3.63, 3.8) is 0 Å². The molecule has 1 aliphatic heterocycles. The number of rotatable bonds is 4. The average Bonchev–Trinajstić information content (AvgIpc) is 3.14. The van der Waals surface area contributed by atoms with Crippen LogP contribution in [0.5, 0.6) is 5.75 Å². The highest BCUT2D eigenvalue weighted by Gasteiger charge is 2.22. The Balaban J connectivity index is 1.61. The van der Waals surface area contributed by atoms with Gasteiger partial charge in [-0.05, 0) is 57.2 Å². The Hall–Kier alpha value is -1.62. The van der Waals surface area contributed by atoms with Gasteiger partial charge in [-0.15, -0.1) is 0 Å². The second-order valence-electron chi connectivity index (χ2n) is 5.81. The molecule has 21 heavy (non-hydrogen) atoms. The molecule has 1 atom stereocenters. The van der Waals surface area contributed by atoms with Crippen LogP contribution in [0.3, 0.4) is 0 Å². The van der Waals surface area contributed by atoms with Crippen LogP contribution >= 0.6 is 0 Å². The maximum atomic E-state index is 14.0. The predicted molar refractivity (Wildman–Crippen MR) is 78.9 cm³/mol. The summed E-state index contributed by atoms with van der Waals surface area (Å²) in [7, 11) is 0. The van der Waals surface area contributed by atoms with Crippen LogP contribution in [-0.4, -0.2) is 24.6 Å². The van der Waals surface area contributed by atoms with Gasteiger partial charge in [0.05, 0.1) is 12.1 Å². The van der Waals surface area contributed by atoms with Gasteiger partial charge >= 0.3 is 0 Å². The first-order valence-corrected chi connectivity index (χ1v) is 7.73. The molecule has 1 unspecified atom stereocenters. The number of benzene rings is 1. The molecule has 1 heterocycles. The number of hydrogen-bond donors (Lipinski definition) is 2. The second kappa shape index (κ2) is 6.43. The Bertz CT molecular complexity index is 509.